The molecule has 2 aromatic rings. The van der Waals surface area contributed by atoms with Crippen LogP contribution in [0.1, 0.15) is 46.3 Å². The zero-order valence-corrected chi connectivity index (χ0v) is 13.2. The van der Waals surface area contributed by atoms with E-state index in [1.165, 1.54) is 33.4 Å². The first kappa shape index (κ1) is 14.8. The molecule has 0 aliphatic carbocycles. The van der Waals surface area contributed by atoms with Crippen LogP contribution in [0, 0.1) is 27.7 Å². The lowest BCUT2D eigenvalue weighted by Gasteiger charge is -2.18. The predicted molar refractivity (Wildman–Crippen MR) is 87.1 cm³/mol. The monoisotopic (exact) mass is 267 g/mol. The quantitative estimate of drug-likeness (QED) is 0.841. The van der Waals surface area contributed by atoms with Gasteiger partial charge in [0.05, 0.1) is 0 Å². The SMILES string of the molecule is Cc1cc(C)c(CN[C@H](C)c2ccccc2C)cc1C. The van der Waals surface area contributed by atoms with Crippen LogP contribution in [-0.2, 0) is 6.54 Å². The summed E-state index contributed by atoms with van der Waals surface area (Å²) in [7, 11) is 0. The van der Waals surface area contributed by atoms with Gasteiger partial charge < -0.3 is 5.32 Å². The summed E-state index contributed by atoms with van der Waals surface area (Å²) in [6.07, 6.45) is 0. The van der Waals surface area contributed by atoms with E-state index in [1.807, 2.05) is 0 Å². The van der Waals surface area contributed by atoms with Crippen molar-refractivity contribution in [3.05, 3.63) is 69.8 Å². The van der Waals surface area contributed by atoms with Crippen molar-refractivity contribution in [2.45, 2.75) is 47.2 Å². The molecular weight excluding hydrogens is 242 g/mol. The van der Waals surface area contributed by atoms with E-state index in [0.717, 1.165) is 6.54 Å². The van der Waals surface area contributed by atoms with Gasteiger partial charge in [0.1, 0.15) is 0 Å². The molecule has 0 bridgehead atoms. The largest absolute Gasteiger partial charge is 0.306 e. The number of hydrogen-bond acceptors (Lipinski definition) is 1. The molecule has 1 nitrogen and oxygen atoms in total. The molecule has 0 aromatic heterocycles. The summed E-state index contributed by atoms with van der Waals surface area (Å²) in [6, 6.07) is 13.6. The molecule has 0 amide bonds. The standard InChI is InChI=1S/C19H25N/c1-13-8-6-7-9-19(13)17(5)20-12-18-11-15(3)14(2)10-16(18)4/h6-11,17,20H,12H2,1-5H3/t17-/m1/s1. The molecule has 1 N–H and O–H groups in total. The highest BCUT2D eigenvalue weighted by atomic mass is 14.9. The third-order valence-electron chi connectivity index (χ3n) is 4.21. The molecule has 0 unspecified atom stereocenters. The number of hydrogen-bond donors (Lipinski definition) is 1. The molecule has 0 aliphatic rings. The molecule has 1 heteroatoms. The van der Waals surface area contributed by atoms with Gasteiger partial charge in [-0.15, -0.1) is 0 Å². The van der Waals surface area contributed by atoms with Crippen molar-refractivity contribution in [3.8, 4) is 0 Å². The second-order valence-corrected chi connectivity index (χ2v) is 5.82. The fourth-order valence-corrected chi connectivity index (χ4v) is 2.66. The molecule has 0 heterocycles. The molecule has 0 aliphatic heterocycles. The average molecular weight is 267 g/mol. The summed E-state index contributed by atoms with van der Waals surface area (Å²) < 4.78 is 0. The number of nitrogens with one attached hydrogen (secondary N) is 1. The van der Waals surface area contributed by atoms with E-state index < -0.39 is 0 Å². The van der Waals surface area contributed by atoms with Gasteiger partial charge in [0, 0.05) is 12.6 Å². The van der Waals surface area contributed by atoms with Crippen molar-refractivity contribution in [1.82, 2.24) is 5.32 Å². The van der Waals surface area contributed by atoms with Gasteiger partial charge in [-0.3, -0.25) is 0 Å². The summed E-state index contributed by atoms with van der Waals surface area (Å²) >= 11 is 0. The summed E-state index contributed by atoms with van der Waals surface area (Å²) in [6.45, 7) is 11.9. The first-order valence-corrected chi connectivity index (χ1v) is 7.34. The minimum Gasteiger partial charge on any atom is -0.306 e. The third kappa shape index (κ3) is 3.29. The fourth-order valence-electron chi connectivity index (χ4n) is 2.66. The highest BCUT2D eigenvalue weighted by Gasteiger charge is 2.08. The van der Waals surface area contributed by atoms with E-state index in [9.17, 15) is 0 Å². The van der Waals surface area contributed by atoms with Crippen LogP contribution in [0.4, 0.5) is 0 Å². The van der Waals surface area contributed by atoms with E-state index in [1.54, 1.807) is 0 Å². The molecule has 0 saturated carbocycles. The second-order valence-electron chi connectivity index (χ2n) is 5.82. The Morgan fingerprint density at radius 1 is 0.850 bits per heavy atom. The van der Waals surface area contributed by atoms with Gasteiger partial charge >= 0.3 is 0 Å². The lowest BCUT2D eigenvalue weighted by atomic mass is 9.99. The molecule has 0 radical (unpaired) electrons. The zero-order valence-electron chi connectivity index (χ0n) is 13.2. The highest BCUT2D eigenvalue weighted by Crippen LogP contribution is 2.19. The highest BCUT2D eigenvalue weighted by molar-refractivity contribution is 5.36. The van der Waals surface area contributed by atoms with Crippen molar-refractivity contribution in [1.29, 1.82) is 0 Å². The van der Waals surface area contributed by atoms with Crippen molar-refractivity contribution in [2.24, 2.45) is 0 Å². The molecule has 0 spiro atoms. The summed E-state index contributed by atoms with van der Waals surface area (Å²) in [5.41, 5.74) is 8.25. The van der Waals surface area contributed by atoms with Crippen LogP contribution in [-0.4, -0.2) is 0 Å². The topological polar surface area (TPSA) is 12.0 Å². The zero-order chi connectivity index (χ0) is 14.7. The van der Waals surface area contributed by atoms with Crippen LogP contribution in [0.15, 0.2) is 36.4 Å². The number of benzene rings is 2. The number of aryl methyl sites for hydroxylation is 4. The van der Waals surface area contributed by atoms with Gasteiger partial charge in [0.25, 0.3) is 0 Å². The van der Waals surface area contributed by atoms with Crippen LogP contribution < -0.4 is 5.32 Å². The number of rotatable bonds is 4. The third-order valence-corrected chi connectivity index (χ3v) is 4.21. The first-order chi connectivity index (χ1) is 9.49. The van der Waals surface area contributed by atoms with Crippen LogP contribution in [0.5, 0.6) is 0 Å². The Balaban J connectivity index is 2.09. The van der Waals surface area contributed by atoms with Gasteiger partial charge in [0.15, 0.2) is 0 Å². The van der Waals surface area contributed by atoms with Gasteiger partial charge in [-0.05, 0) is 68.0 Å². The van der Waals surface area contributed by atoms with Gasteiger partial charge in [-0.2, -0.15) is 0 Å². The second kappa shape index (κ2) is 6.23. The van der Waals surface area contributed by atoms with E-state index in [2.05, 4.69) is 76.3 Å². The van der Waals surface area contributed by atoms with Crippen molar-refractivity contribution in [2.75, 3.05) is 0 Å². The lowest BCUT2D eigenvalue weighted by Crippen LogP contribution is -2.19. The molecule has 106 valence electrons. The van der Waals surface area contributed by atoms with E-state index in [4.69, 9.17) is 0 Å². The Morgan fingerprint density at radius 2 is 1.50 bits per heavy atom. The van der Waals surface area contributed by atoms with Gasteiger partial charge in [0.2, 0.25) is 0 Å². The van der Waals surface area contributed by atoms with Gasteiger partial charge in [-0.25, -0.2) is 0 Å². The normalized spacial score (nSPS) is 12.4. The maximum atomic E-state index is 3.64. The Morgan fingerprint density at radius 3 is 2.20 bits per heavy atom. The van der Waals surface area contributed by atoms with Crippen LogP contribution in [0.2, 0.25) is 0 Å². The van der Waals surface area contributed by atoms with Crippen LogP contribution in [0.25, 0.3) is 0 Å². The minimum atomic E-state index is 0.372. The molecule has 0 fully saturated rings. The first-order valence-electron chi connectivity index (χ1n) is 7.34. The molecular formula is C19H25N. The van der Waals surface area contributed by atoms with Gasteiger partial charge in [-0.1, -0.05) is 36.4 Å². The molecule has 20 heavy (non-hydrogen) atoms. The Bertz CT molecular complexity index is 599. The summed E-state index contributed by atoms with van der Waals surface area (Å²) in [4.78, 5) is 0. The van der Waals surface area contributed by atoms with Crippen molar-refractivity contribution >= 4 is 0 Å². The smallest absolute Gasteiger partial charge is 0.0297 e. The van der Waals surface area contributed by atoms with E-state index in [-0.39, 0.29) is 0 Å². The van der Waals surface area contributed by atoms with Crippen molar-refractivity contribution in [3.63, 3.8) is 0 Å². The van der Waals surface area contributed by atoms with Crippen LogP contribution >= 0.6 is 0 Å². The average Bonchev–Trinajstić information content (AvgIpc) is 2.41. The molecule has 2 aromatic carbocycles. The molecule has 1 atom stereocenters. The molecule has 2 rings (SSSR count). The van der Waals surface area contributed by atoms with E-state index >= 15 is 0 Å². The lowest BCUT2D eigenvalue weighted by molar-refractivity contribution is 0.571. The maximum Gasteiger partial charge on any atom is 0.0297 e. The molecule has 0 saturated heterocycles. The van der Waals surface area contributed by atoms with Crippen LogP contribution in [0.3, 0.4) is 0 Å². The predicted octanol–water partition coefficient (Wildman–Crippen LogP) is 4.77. The summed E-state index contributed by atoms with van der Waals surface area (Å²) in [5, 5.41) is 3.64. The minimum absolute atomic E-state index is 0.372. The fraction of sp³-hybridized carbons (Fsp3) is 0.368. The van der Waals surface area contributed by atoms with E-state index in [0.29, 0.717) is 6.04 Å². The Hall–Kier alpha value is -1.60. The Kier molecular flexibility index (Phi) is 4.61. The summed E-state index contributed by atoms with van der Waals surface area (Å²) in [5.74, 6) is 0. The maximum absolute atomic E-state index is 3.64. The van der Waals surface area contributed by atoms with Crippen molar-refractivity contribution < 1.29 is 0 Å². The Labute approximate surface area is 123 Å².